The summed E-state index contributed by atoms with van der Waals surface area (Å²) in [6, 6.07) is 4.14. The molecule has 0 fully saturated rings. The van der Waals surface area contributed by atoms with E-state index in [-0.39, 0.29) is 43.2 Å². The summed E-state index contributed by atoms with van der Waals surface area (Å²) in [5, 5.41) is 3.36. The van der Waals surface area contributed by atoms with Gasteiger partial charge in [-0.15, -0.1) is 0 Å². The minimum absolute atomic E-state index is 0.0339. The largest absolute Gasteiger partial charge is 0.405 e. The van der Waals surface area contributed by atoms with Crippen molar-refractivity contribution < 1.29 is 35.9 Å². The third kappa shape index (κ3) is 8.69. The van der Waals surface area contributed by atoms with Crippen LogP contribution in [0.4, 0.5) is 26.3 Å². The monoisotopic (exact) mass is 622 g/mol. The van der Waals surface area contributed by atoms with Gasteiger partial charge in [-0.1, -0.05) is 59.4 Å². The summed E-state index contributed by atoms with van der Waals surface area (Å²) >= 11 is 23.8. The predicted molar refractivity (Wildman–Crippen MR) is 136 cm³/mol. The Bertz CT molecular complexity index is 1210. The molecule has 0 saturated carbocycles. The van der Waals surface area contributed by atoms with E-state index in [9.17, 15) is 31.5 Å². The normalized spacial score (nSPS) is 14.2. The molecule has 0 aliphatic carbocycles. The summed E-state index contributed by atoms with van der Waals surface area (Å²) in [6.07, 6.45) is -4.03. The summed E-state index contributed by atoms with van der Waals surface area (Å²) < 4.78 is 80.9. The van der Waals surface area contributed by atoms with Gasteiger partial charge in [0.2, 0.25) is 5.91 Å². The molecule has 0 aliphatic heterocycles. The Kier molecular flexibility index (Phi) is 10.8. The van der Waals surface area contributed by atoms with Gasteiger partial charge in [0.1, 0.15) is 18.4 Å². The van der Waals surface area contributed by atoms with E-state index in [1.165, 1.54) is 6.92 Å². The van der Waals surface area contributed by atoms with Crippen molar-refractivity contribution in [1.29, 1.82) is 0 Å². The molecular formula is C24H20Cl4F6N2O2. The Labute approximate surface area is 234 Å². The van der Waals surface area contributed by atoms with Crippen LogP contribution in [0, 0.1) is 0 Å². The molecule has 0 aromatic heterocycles. The lowest BCUT2D eigenvalue weighted by molar-refractivity contribution is -0.139. The van der Waals surface area contributed by atoms with Gasteiger partial charge < -0.3 is 10.6 Å². The van der Waals surface area contributed by atoms with E-state index in [4.69, 9.17) is 46.4 Å². The van der Waals surface area contributed by atoms with Crippen LogP contribution in [0.25, 0.3) is 5.83 Å². The van der Waals surface area contributed by atoms with Gasteiger partial charge in [0.05, 0.1) is 31.6 Å². The van der Waals surface area contributed by atoms with Crippen molar-refractivity contribution in [3.05, 3.63) is 73.2 Å². The van der Waals surface area contributed by atoms with E-state index in [0.29, 0.717) is 13.0 Å². The minimum atomic E-state index is -4.64. The van der Waals surface area contributed by atoms with Gasteiger partial charge in [-0.05, 0) is 42.3 Å². The molecule has 2 aromatic carbocycles. The standard InChI is InChI=1S/C24H20Cl4F6N2O2/c1-3-19(22(38)35-10-24(32,33)34)36-21(37)13-5-4-11(6-15(13)25)18(29)9-14(23(2,30)31)12-7-16(26)20(28)17(27)8-12/h4-9,14,19H,3,10H2,1-2H3,(H,35,38)(H,36,37)/b18-9-/t14?,19-/m1/s1. The van der Waals surface area contributed by atoms with E-state index in [2.05, 4.69) is 5.32 Å². The molecule has 2 rings (SSSR count). The zero-order valence-electron chi connectivity index (χ0n) is 19.6. The summed E-state index contributed by atoms with van der Waals surface area (Å²) in [5.74, 6) is -8.34. The fraction of sp³-hybridized carbons (Fsp3) is 0.333. The first kappa shape index (κ1) is 32.1. The average Bonchev–Trinajstić information content (AvgIpc) is 2.80. The molecule has 1 unspecified atom stereocenters. The third-order valence-electron chi connectivity index (χ3n) is 5.21. The number of hydrogen-bond acceptors (Lipinski definition) is 2. The second kappa shape index (κ2) is 12.8. The Morgan fingerprint density at radius 3 is 2.03 bits per heavy atom. The molecule has 14 heteroatoms. The van der Waals surface area contributed by atoms with Gasteiger partial charge in [-0.3, -0.25) is 9.59 Å². The molecule has 2 amide bonds. The Balaban J connectivity index is 2.30. The number of amides is 2. The lowest BCUT2D eigenvalue weighted by atomic mass is 9.92. The van der Waals surface area contributed by atoms with Crippen molar-refractivity contribution in [3.8, 4) is 0 Å². The van der Waals surface area contributed by atoms with Gasteiger partial charge in [0.25, 0.3) is 11.8 Å². The molecule has 0 heterocycles. The molecule has 2 atom stereocenters. The number of hydrogen-bond donors (Lipinski definition) is 2. The van der Waals surface area contributed by atoms with E-state index in [0.717, 1.165) is 30.3 Å². The first-order valence-corrected chi connectivity index (χ1v) is 12.3. The minimum Gasteiger partial charge on any atom is -0.345 e. The summed E-state index contributed by atoms with van der Waals surface area (Å²) in [4.78, 5) is 24.5. The number of alkyl halides is 5. The van der Waals surface area contributed by atoms with Gasteiger partial charge in [0.15, 0.2) is 0 Å². The molecule has 0 spiro atoms. The van der Waals surface area contributed by atoms with Crippen LogP contribution in [0.15, 0.2) is 36.4 Å². The highest BCUT2D eigenvalue weighted by molar-refractivity contribution is 6.48. The number of nitrogens with one attached hydrogen (secondary N) is 2. The molecular weight excluding hydrogens is 604 g/mol. The van der Waals surface area contributed by atoms with Crippen molar-refractivity contribution in [2.75, 3.05) is 6.54 Å². The van der Waals surface area contributed by atoms with Crippen LogP contribution in [0.1, 0.15) is 47.7 Å². The molecule has 208 valence electrons. The maximum atomic E-state index is 15.1. The van der Waals surface area contributed by atoms with Gasteiger partial charge in [0, 0.05) is 12.5 Å². The molecule has 2 aromatic rings. The second-order valence-electron chi connectivity index (χ2n) is 8.21. The van der Waals surface area contributed by atoms with Gasteiger partial charge in [-0.2, -0.15) is 13.2 Å². The van der Waals surface area contributed by atoms with Crippen LogP contribution < -0.4 is 10.6 Å². The smallest absolute Gasteiger partial charge is 0.345 e. The van der Waals surface area contributed by atoms with E-state index >= 15 is 4.39 Å². The lowest BCUT2D eigenvalue weighted by Gasteiger charge is -2.22. The highest BCUT2D eigenvalue weighted by Gasteiger charge is 2.35. The van der Waals surface area contributed by atoms with Crippen LogP contribution in [0.5, 0.6) is 0 Å². The topological polar surface area (TPSA) is 58.2 Å². The summed E-state index contributed by atoms with van der Waals surface area (Å²) in [5.41, 5.74) is -0.579. The molecule has 2 N–H and O–H groups in total. The molecule has 0 aliphatic rings. The molecule has 0 bridgehead atoms. The van der Waals surface area contributed by atoms with Crippen LogP contribution in [0.3, 0.4) is 0 Å². The summed E-state index contributed by atoms with van der Waals surface area (Å²) in [6.45, 7) is 0.461. The third-order valence-corrected chi connectivity index (χ3v) is 6.72. The van der Waals surface area contributed by atoms with Crippen molar-refractivity contribution in [3.63, 3.8) is 0 Å². The predicted octanol–water partition coefficient (Wildman–Crippen LogP) is 8.24. The Morgan fingerprint density at radius 2 is 1.55 bits per heavy atom. The molecule has 0 radical (unpaired) electrons. The van der Waals surface area contributed by atoms with E-state index < -0.39 is 48.2 Å². The van der Waals surface area contributed by atoms with Gasteiger partial charge in [-0.25, -0.2) is 13.2 Å². The number of halogens is 10. The molecule has 38 heavy (non-hydrogen) atoms. The van der Waals surface area contributed by atoms with Crippen molar-refractivity contribution in [1.82, 2.24) is 10.6 Å². The van der Waals surface area contributed by atoms with E-state index in [1.54, 1.807) is 5.32 Å². The molecule has 0 saturated heterocycles. The Hall–Kier alpha value is -2.14. The quantitative estimate of drug-likeness (QED) is 0.218. The fourth-order valence-electron chi connectivity index (χ4n) is 3.28. The number of rotatable bonds is 9. The van der Waals surface area contributed by atoms with Crippen LogP contribution in [-0.4, -0.2) is 36.5 Å². The summed E-state index contributed by atoms with van der Waals surface area (Å²) in [7, 11) is 0. The van der Waals surface area contributed by atoms with Crippen LogP contribution in [0.2, 0.25) is 20.1 Å². The number of allylic oxidation sites excluding steroid dienone is 1. The zero-order chi connectivity index (χ0) is 29.0. The average molecular weight is 624 g/mol. The number of carbonyl (C=O) groups excluding carboxylic acids is 2. The maximum Gasteiger partial charge on any atom is 0.405 e. The fourth-order valence-corrected chi connectivity index (χ4v) is 4.16. The van der Waals surface area contributed by atoms with Crippen LogP contribution >= 0.6 is 46.4 Å². The number of benzene rings is 2. The van der Waals surface area contributed by atoms with E-state index in [1.807, 2.05) is 0 Å². The number of carbonyl (C=O) groups is 2. The molecule has 4 nitrogen and oxygen atoms in total. The van der Waals surface area contributed by atoms with Crippen LogP contribution in [-0.2, 0) is 4.79 Å². The lowest BCUT2D eigenvalue weighted by Crippen LogP contribution is -2.48. The van der Waals surface area contributed by atoms with Gasteiger partial charge >= 0.3 is 6.18 Å². The highest BCUT2D eigenvalue weighted by Crippen LogP contribution is 2.41. The first-order chi connectivity index (χ1) is 17.4. The Morgan fingerprint density at radius 1 is 0.974 bits per heavy atom. The highest BCUT2D eigenvalue weighted by atomic mass is 35.5. The first-order valence-electron chi connectivity index (χ1n) is 10.8. The van der Waals surface area contributed by atoms with Crippen molar-refractivity contribution in [2.45, 2.75) is 44.3 Å². The van der Waals surface area contributed by atoms with Crippen molar-refractivity contribution >= 4 is 64.0 Å². The zero-order valence-corrected chi connectivity index (χ0v) is 22.7. The second-order valence-corrected chi connectivity index (χ2v) is 9.81. The SMILES string of the molecule is CC[C@@H](NC(=O)c1ccc(/C(F)=C/C(c2cc(Cl)c(Cl)c(Cl)c2)C(C)(F)F)cc1Cl)C(=O)NCC(F)(F)F. The maximum absolute atomic E-state index is 15.1. The van der Waals surface area contributed by atoms with Crippen molar-refractivity contribution in [2.24, 2.45) is 0 Å².